The number of benzene rings is 1. The molecular formula is C10H12F3N3. The van der Waals surface area contributed by atoms with Crippen molar-refractivity contribution < 1.29 is 13.2 Å². The first-order chi connectivity index (χ1) is 7.49. The van der Waals surface area contributed by atoms with Crippen LogP contribution in [-0.4, -0.2) is 12.4 Å². The molecule has 0 saturated carbocycles. The van der Waals surface area contributed by atoms with Crippen LogP contribution in [0.25, 0.3) is 0 Å². The fraction of sp³-hybridized carbons (Fsp3) is 0.300. The van der Waals surface area contributed by atoms with E-state index in [0.29, 0.717) is 17.9 Å². The second-order valence-electron chi connectivity index (χ2n) is 3.04. The van der Waals surface area contributed by atoms with Crippen LogP contribution >= 0.6 is 0 Å². The predicted molar refractivity (Wildman–Crippen MR) is 55.8 cm³/mol. The lowest BCUT2D eigenvalue weighted by molar-refractivity contribution is -0.137. The molecule has 0 amide bonds. The zero-order valence-corrected chi connectivity index (χ0v) is 8.67. The van der Waals surface area contributed by atoms with Crippen molar-refractivity contribution in [2.45, 2.75) is 13.1 Å². The Morgan fingerprint density at radius 3 is 2.25 bits per heavy atom. The van der Waals surface area contributed by atoms with Crippen LogP contribution in [0.2, 0.25) is 0 Å². The van der Waals surface area contributed by atoms with E-state index in [0.717, 1.165) is 12.1 Å². The SMILES string of the molecule is CCN=C(NN)c1ccc(C(F)(F)F)cc1. The van der Waals surface area contributed by atoms with Crippen LogP contribution in [0.5, 0.6) is 0 Å². The van der Waals surface area contributed by atoms with Gasteiger partial charge in [-0.05, 0) is 19.1 Å². The molecular weight excluding hydrogens is 219 g/mol. The fourth-order valence-corrected chi connectivity index (χ4v) is 1.20. The number of aliphatic imine (C=N–C) groups is 1. The molecule has 3 nitrogen and oxygen atoms in total. The Morgan fingerprint density at radius 1 is 1.31 bits per heavy atom. The third-order valence-corrected chi connectivity index (χ3v) is 1.94. The Morgan fingerprint density at radius 2 is 1.88 bits per heavy atom. The smallest absolute Gasteiger partial charge is 0.308 e. The highest BCUT2D eigenvalue weighted by atomic mass is 19.4. The first-order valence-corrected chi connectivity index (χ1v) is 4.67. The molecule has 0 radical (unpaired) electrons. The highest BCUT2D eigenvalue weighted by molar-refractivity contribution is 5.98. The minimum absolute atomic E-state index is 0.372. The molecule has 1 aromatic carbocycles. The summed E-state index contributed by atoms with van der Waals surface area (Å²) < 4.78 is 36.8. The van der Waals surface area contributed by atoms with Crippen LogP contribution in [0.1, 0.15) is 18.1 Å². The van der Waals surface area contributed by atoms with Crippen molar-refractivity contribution in [3.05, 3.63) is 35.4 Å². The van der Waals surface area contributed by atoms with Crippen molar-refractivity contribution in [3.63, 3.8) is 0 Å². The maximum Gasteiger partial charge on any atom is 0.416 e. The molecule has 16 heavy (non-hydrogen) atoms. The van der Waals surface area contributed by atoms with E-state index in [1.807, 2.05) is 0 Å². The molecule has 0 aliphatic carbocycles. The van der Waals surface area contributed by atoms with Gasteiger partial charge >= 0.3 is 6.18 Å². The average Bonchev–Trinajstić information content (AvgIpc) is 2.25. The van der Waals surface area contributed by atoms with E-state index in [4.69, 9.17) is 5.84 Å². The molecule has 0 bridgehead atoms. The average molecular weight is 231 g/mol. The standard InChI is InChI=1S/C10H12F3N3/c1-2-15-9(16-14)7-3-5-8(6-4-7)10(11,12)13/h3-6H,2,14H2,1H3,(H,15,16). The second kappa shape index (κ2) is 4.98. The summed E-state index contributed by atoms with van der Waals surface area (Å²) in [5, 5.41) is 0. The second-order valence-corrected chi connectivity index (χ2v) is 3.04. The van der Waals surface area contributed by atoms with Crippen LogP contribution in [-0.2, 0) is 6.18 Å². The van der Waals surface area contributed by atoms with Crippen molar-refractivity contribution in [2.24, 2.45) is 10.8 Å². The quantitative estimate of drug-likeness (QED) is 0.353. The largest absolute Gasteiger partial charge is 0.416 e. The number of halogens is 3. The van der Waals surface area contributed by atoms with Crippen molar-refractivity contribution in [3.8, 4) is 0 Å². The summed E-state index contributed by atoms with van der Waals surface area (Å²) in [6.07, 6.45) is -4.32. The van der Waals surface area contributed by atoms with Crippen molar-refractivity contribution in [1.82, 2.24) is 5.43 Å². The van der Waals surface area contributed by atoms with Gasteiger partial charge in [-0.2, -0.15) is 13.2 Å². The van der Waals surface area contributed by atoms with Gasteiger partial charge in [0.05, 0.1) is 5.56 Å². The first-order valence-electron chi connectivity index (χ1n) is 4.67. The summed E-state index contributed by atoms with van der Waals surface area (Å²) in [6, 6.07) is 4.66. The number of nitrogens with one attached hydrogen (secondary N) is 1. The Labute approximate surface area is 91.1 Å². The summed E-state index contributed by atoms with van der Waals surface area (Å²) >= 11 is 0. The van der Waals surface area contributed by atoms with Gasteiger partial charge in [0, 0.05) is 12.1 Å². The minimum atomic E-state index is -4.32. The Kier molecular flexibility index (Phi) is 3.89. The van der Waals surface area contributed by atoms with Crippen LogP contribution < -0.4 is 11.3 Å². The normalized spacial score (nSPS) is 12.7. The molecule has 0 spiro atoms. The van der Waals surface area contributed by atoms with Crippen LogP contribution in [0.4, 0.5) is 13.2 Å². The molecule has 6 heteroatoms. The van der Waals surface area contributed by atoms with E-state index in [1.54, 1.807) is 6.92 Å². The van der Waals surface area contributed by atoms with Crippen molar-refractivity contribution in [1.29, 1.82) is 0 Å². The van der Waals surface area contributed by atoms with Gasteiger partial charge in [-0.15, -0.1) is 0 Å². The third kappa shape index (κ3) is 2.96. The molecule has 0 unspecified atom stereocenters. The number of rotatable bonds is 2. The number of amidine groups is 1. The topological polar surface area (TPSA) is 50.4 Å². The highest BCUT2D eigenvalue weighted by Crippen LogP contribution is 2.29. The van der Waals surface area contributed by atoms with E-state index in [2.05, 4.69) is 10.4 Å². The molecule has 88 valence electrons. The van der Waals surface area contributed by atoms with Gasteiger partial charge in [-0.25, -0.2) is 5.84 Å². The Balaban J connectivity index is 2.99. The van der Waals surface area contributed by atoms with Gasteiger partial charge < -0.3 is 5.43 Å². The summed E-state index contributed by atoms with van der Waals surface area (Å²) in [7, 11) is 0. The third-order valence-electron chi connectivity index (χ3n) is 1.94. The molecule has 0 heterocycles. The molecule has 0 atom stereocenters. The van der Waals surface area contributed by atoms with E-state index >= 15 is 0 Å². The summed E-state index contributed by atoms with van der Waals surface area (Å²) in [6.45, 7) is 2.31. The fourth-order valence-electron chi connectivity index (χ4n) is 1.20. The van der Waals surface area contributed by atoms with Gasteiger partial charge in [-0.1, -0.05) is 12.1 Å². The summed E-state index contributed by atoms with van der Waals surface area (Å²) in [4.78, 5) is 4.00. The lowest BCUT2D eigenvalue weighted by Gasteiger charge is -2.09. The van der Waals surface area contributed by atoms with Crippen molar-refractivity contribution in [2.75, 3.05) is 6.54 Å². The zero-order chi connectivity index (χ0) is 12.2. The lowest BCUT2D eigenvalue weighted by atomic mass is 10.1. The van der Waals surface area contributed by atoms with Crippen LogP contribution in [0.15, 0.2) is 29.3 Å². The molecule has 1 aromatic rings. The first kappa shape index (κ1) is 12.5. The molecule has 0 fully saturated rings. The number of alkyl halides is 3. The number of nitrogens with two attached hydrogens (primary N) is 1. The molecule has 0 aromatic heterocycles. The minimum Gasteiger partial charge on any atom is -0.308 e. The monoisotopic (exact) mass is 231 g/mol. The number of nitrogens with zero attached hydrogens (tertiary/aromatic N) is 1. The maximum absolute atomic E-state index is 12.3. The molecule has 0 aliphatic heterocycles. The number of hydrazine groups is 1. The summed E-state index contributed by atoms with van der Waals surface area (Å²) in [5.41, 5.74) is 2.18. The zero-order valence-electron chi connectivity index (χ0n) is 8.67. The summed E-state index contributed by atoms with van der Waals surface area (Å²) in [5.74, 6) is 5.58. The van der Waals surface area contributed by atoms with Gasteiger partial charge in [0.1, 0.15) is 5.84 Å². The van der Waals surface area contributed by atoms with Crippen LogP contribution in [0.3, 0.4) is 0 Å². The maximum atomic E-state index is 12.3. The molecule has 0 aliphatic rings. The molecule has 1 rings (SSSR count). The molecule has 0 saturated heterocycles. The highest BCUT2D eigenvalue weighted by Gasteiger charge is 2.30. The van der Waals surface area contributed by atoms with Gasteiger partial charge in [0.2, 0.25) is 0 Å². The van der Waals surface area contributed by atoms with Crippen molar-refractivity contribution >= 4 is 5.84 Å². The van der Waals surface area contributed by atoms with E-state index < -0.39 is 11.7 Å². The van der Waals surface area contributed by atoms with E-state index in [1.165, 1.54) is 12.1 Å². The Hall–Kier alpha value is -1.56. The van der Waals surface area contributed by atoms with Crippen LogP contribution in [0, 0.1) is 0 Å². The Bertz CT molecular complexity index is 368. The molecule has 3 N–H and O–H groups in total. The number of hydrogen-bond acceptors (Lipinski definition) is 2. The number of hydrogen-bond donors (Lipinski definition) is 2. The van der Waals surface area contributed by atoms with Gasteiger partial charge in [-0.3, -0.25) is 4.99 Å². The predicted octanol–water partition coefficient (Wildman–Crippen LogP) is 1.94. The lowest BCUT2D eigenvalue weighted by Crippen LogP contribution is -2.31. The van der Waals surface area contributed by atoms with Gasteiger partial charge in [0.25, 0.3) is 0 Å². The van der Waals surface area contributed by atoms with E-state index in [9.17, 15) is 13.2 Å². The van der Waals surface area contributed by atoms with E-state index in [-0.39, 0.29) is 0 Å². The van der Waals surface area contributed by atoms with Gasteiger partial charge in [0.15, 0.2) is 0 Å².